The van der Waals surface area contributed by atoms with Crippen molar-refractivity contribution in [3.05, 3.63) is 57.1 Å². The van der Waals surface area contributed by atoms with Gasteiger partial charge in [0.05, 0.1) is 21.5 Å². The fourth-order valence-corrected chi connectivity index (χ4v) is 5.00. The molecule has 1 aliphatic rings. The van der Waals surface area contributed by atoms with Crippen molar-refractivity contribution in [2.75, 3.05) is 5.32 Å². The van der Waals surface area contributed by atoms with E-state index < -0.39 is 17.5 Å². The van der Waals surface area contributed by atoms with Gasteiger partial charge in [-0.1, -0.05) is 11.6 Å². The highest BCUT2D eigenvalue weighted by atomic mass is 35.5. The van der Waals surface area contributed by atoms with Gasteiger partial charge in [-0.25, -0.2) is 23.1 Å². The molecule has 0 spiro atoms. The molecule has 4 aromatic heterocycles. The first-order chi connectivity index (χ1) is 16.4. The lowest BCUT2D eigenvalue weighted by Gasteiger charge is -2.30. The Morgan fingerprint density at radius 1 is 1.12 bits per heavy atom. The average molecular weight is 507 g/mol. The lowest BCUT2D eigenvalue weighted by Crippen LogP contribution is -2.41. The van der Waals surface area contributed by atoms with E-state index in [0.717, 1.165) is 37.6 Å². The number of carbonyl (C=O) groups excluding carboxylic acids is 1. The van der Waals surface area contributed by atoms with Crippen LogP contribution in [0.1, 0.15) is 36.0 Å². The Bertz CT molecular complexity index is 1380. The van der Waals surface area contributed by atoms with Crippen LogP contribution in [0.5, 0.6) is 0 Å². The summed E-state index contributed by atoms with van der Waals surface area (Å²) in [6.07, 6.45) is 3.86. The predicted molar refractivity (Wildman–Crippen MR) is 123 cm³/mol. The van der Waals surface area contributed by atoms with Crippen LogP contribution in [0.25, 0.3) is 22.4 Å². The molecule has 4 heterocycles. The summed E-state index contributed by atoms with van der Waals surface area (Å²) in [4.78, 5) is 20.5. The molecule has 34 heavy (non-hydrogen) atoms. The van der Waals surface area contributed by atoms with Crippen LogP contribution in [0, 0.1) is 17.5 Å². The lowest BCUT2D eigenvalue weighted by molar-refractivity contribution is 0.0927. The number of hydrogen-bond donors (Lipinski definition) is 3. The molecule has 1 fully saturated rings. The molecule has 3 N–H and O–H groups in total. The number of fused-ring (bicyclic) bond motifs is 1. The molecule has 0 bridgehead atoms. The number of amides is 1. The van der Waals surface area contributed by atoms with Crippen molar-refractivity contribution in [2.45, 2.75) is 37.8 Å². The largest absolute Gasteiger partial charge is 0.365 e. The Morgan fingerprint density at radius 2 is 1.94 bits per heavy atom. The van der Waals surface area contributed by atoms with E-state index in [2.05, 4.69) is 30.8 Å². The molecule has 0 unspecified atom stereocenters. The number of aromatic amines is 1. The highest BCUT2D eigenvalue weighted by Gasteiger charge is 2.26. The van der Waals surface area contributed by atoms with E-state index in [1.807, 2.05) is 0 Å². The van der Waals surface area contributed by atoms with Crippen molar-refractivity contribution in [2.24, 2.45) is 0 Å². The molecule has 2 atom stereocenters. The lowest BCUT2D eigenvalue weighted by atomic mass is 9.90. The predicted octanol–water partition coefficient (Wildman–Crippen LogP) is 5.31. The van der Waals surface area contributed by atoms with Gasteiger partial charge in [0.1, 0.15) is 17.2 Å². The average Bonchev–Trinajstić information content (AvgIpc) is 3.42. The van der Waals surface area contributed by atoms with Crippen molar-refractivity contribution < 1.29 is 18.0 Å². The molecule has 0 radical (unpaired) electrons. The zero-order valence-electron chi connectivity index (χ0n) is 17.5. The molecule has 1 aliphatic carbocycles. The summed E-state index contributed by atoms with van der Waals surface area (Å²) in [5.74, 6) is -2.75. The van der Waals surface area contributed by atoms with E-state index in [1.165, 1.54) is 11.3 Å². The van der Waals surface area contributed by atoms with Crippen molar-refractivity contribution in [1.82, 2.24) is 25.5 Å². The third-order valence-corrected chi connectivity index (χ3v) is 6.81. The van der Waals surface area contributed by atoms with Gasteiger partial charge in [-0.05, 0) is 37.8 Å². The van der Waals surface area contributed by atoms with Crippen LogP contribution in [0.2, 0.25) is 4.34 Å². The van der Waals surface area contributed by atoms with Gasteiger partial charge in [0.2, 0.25) is 0 Å². The van der Waals surface area contributed by atoms with Gasteiger partial charge >= 0.3 is 0 Å². The number of anilines is 1. The van der Waals surface area contributed by atoms with Crippen LogP contribution in [0.15, 0.2) is 29.8 Å². The molecule has 0 aliphatic heterocycles. The number of halogens is 4. The first kappa shape index (κ1) is 22.6. The van der Waals surface area contributed by atoms with Crippen LogP contribution in [0.4, 0.5) is 19.0 Å². The van der Waals surface area contributed by atoms with E-state index in [1.54, 1.807) is 11.4 Å². The minimum Gasteiger partial charge on any atom is -0.365 e. The number of pyridine rings is 2. The fraction of sp³-hybridized carbons (Fsp3) is 0.273. The van der Waals surface area contributed by atoms with Crippen LogP contribution in [-0.4, -0.2) is 38.2 Å². The van der Waals surface area contributed by atoms with Crippen molar-refractivity contribution >= 4 is 45.7 Å². The maximum atomic E-state index is 14.6. The van der Waals surface area contributed by atoms with Gasteiger partial charge in [0.15, 0.2) is 23.1 Å². The molecule has 4 aromatic rings. The maximum absolute atomic E-state index is 14.6. The zero-order chi connectivity index (χ0) is 23.8. The van der Waals surface area contributed by atoms with Gasteiger partial charge in [0.25, 0.3) is 5.91 Å². The molecule has 5 rings (SSSR count). The maximum Gasteiger partial charge on any atom is 0.252 e. The van der Waals surface area contributed by atoms with E-state index in [9.17, 15) is 18.0 Å². The van der Waals surface area contributed by atoms with Crippen LogP contribution >= 0.6 is 22.9 Å². The minimum absolute atomic E-state index is 0.0331. The topological polar surface area (TPSA) is 95.6 Å². The molecule has 0 saturated heterocycles. The van der Waals surface area contributed by atoms with Gasteiger partial charge in [-0.2, -0.15) is 5.10 Å². The first-order valence-electron chi connectivity index (χ1n) is 10.5. The number of hydrogen-bond acceptors (Lipinski definition) is 6. The standard InChI is InChI=1S/C22H18ClF3N6OS/c23-17-4-10(9-34-17)22(33)29-13-3-1-2-12(6-13)28-21-16(26)7-15(25)19(30-21)18-14-5-11(24)8-27-20(14)32-31-18/h4-5,7-9,12-13H,1-3,6H2,(H,28,30)(H,29,33)(H,27,31,32)/t12-,13+/m0/s1. The summed E-state index contributed by atoms with van der Waals surface area (Å²) in [7, 11) is 0. The molecular formula is C22H18ClF3N6OS. The molecule has 0 aromatic carbocycles. The molecule has 1 amide bonds. The number of thiophene rings is 1. The number of H-pyrrole nitrogens is 1. The third-order valence-electron chi connectivity index (χ3n) is 5.72. The summed E-state index contributed by atoms with van der Waals surface area (Å²) >= 11 is 7.19. The molecule has 176 valence electrons. The second-order valence-corrected chi connectivity index (χ2v) is 9.63. The van der Waals surface area contributed by atoms with Gasteiger partial charge in [-0.3, -0.25) is 9.89 Å². The monoisotopic (exact) mass is 506 g/mol. The normalized spacial score (nSPS) is 18.2. The smallest absolute Gasteiger partial charge is 0.252 e. The van der Waals surface area contributed by atoms with Gasteiger partial charge < -0.3 is 10.6 Å². The van der Waals surface area contributed by atoms with Crippen molar-refractivity contribution in [1.29, 1.82) is 0 Å². The number of rotatable bonds is 5. The highest BCUT2D eigenvalue weighted by molar-refractivity contribution is 7.14. The van der Waals surface area contributed by atoms with Crippen molar-refractivity contribution in [3.8, 4) is 11.4 Å². The quantitative estimate of drug-likeness (QED) is 0.341. The van der Waals surface area contributed by atoms with E-state index in [0.29, 0.717) is 16.3 Å². The number of nitrogens with one attached hydrogen (secondary N) is 3. The molecule has 12 heteroatoms. The van der Waals surface area contributed by atoms with E-state index in [4.69, 9.17) is 11.6 Å². The van der Waals surface area contributed by atoms with Crippen LogP contribution in [0.3, 0.4) is 0 Å². The number of nitrogens with zero attached hydrogens (tertiary/aromatic N) is 3. The summed E-state index contributed by atoms with van der Waals surface area (Å²) in [5, 5.41) is 14.5. The van der Waals surface area contributed by atoms with Crippen LogP contribution < -0.4 is 10.6 Å². The van der Waals surface area contributed by atoms with Crippen molar-refractivity contribution in [3.63, 3.8) is 0 Å². The SMILES string of the molecule is O=C(N[C@@H]1CCC[C@H](Nc2nc(-c3n[nH]c4ncc(F)cc34)c(F)cc2F)C1)c1csc(Cl)c1. The zero-order valence-corrected chi connectivity index (χ0v) is 19.1. The Hall–Kier alpha value is -3.18. The summed E-state index contributed by atoms with van der Waals surface area (Å²) in [6.45, 7) is 0. The third kappa shape index (κ3) is 4.58. The van der Waals surface area contributed by atoms with Crippen LogP contribution in [-0.2, 0) is 0 Å². The Morgan fingerprint density at radius 3 is 2.74 bits per heavy atom. The first-order valence-corrected chi connectivity index (χ1v) is 11.8. The molecular weight excluding hydrogens is 489 g/mol. The Balaban J connectivity index is 1.35. The number of carbonyl (C=O) groups is 1. The van der Waals surface area contributed by atoms with E-state index >= 15 is 0 Å². The summed E-state index contributed by atoms with van der Waals surface area (Å²) in [6, 6.07) is 3.18. The minimum atomic E-state index is -0.927. The number of aromatic nitrogens is 4. The van der Waals surface area contributed by atoms with Gasteiger partial charge in [0, 0.05) is 23.5 Å². The molecule has 7 nitrogen and oxygen atoms in total. The second kappa shape index (κ2) is 9.22. The highest BCUT2D eigenvalue weighted by Crippen LogP contribution is 2.30. The Kier molecular flexibility index (Phi) is 6.13. The van der Waals surface area contributed by atoms with E-state index in [-0.39, 0.29) is 46.2 Å². The second-order valence-electron chi connectivity index (χ2n) is 8.09. The van der Waals surface area contributed by atoms with Gasteiger partial charge in [-0.15, -0.1) is 11.3 Å². The summed E-state index contributed by atoms with van der Waals surface area (Å²) in [5.41, 5.74) is 0.565. The fourth-order valence-electron chi connectivity index (χ4n) is 4.14. The Labute approximate surface area is 200 Å². The summed E-state index contributed by atoms with van der Waals surface area (Å²) < 4.78 is 43.4. The molecule has 1 saturated carbocycles.